The lowest BCUT2D eigenvalue weighted by Gasteiger charge is -2.17. The topological polar surface area (TPSA) is 69.6 Å². The zero-order chi connectivity index (χ0) is 11.3. The fraction of sp³-hybridized carbons (Fsp3) is 0.800. The van der Waals surface area contributed by atoms with Crippen LogP contribution in [-0.4, -0.2) is 47.6 Å². The monoisotopic (exact) mass is 214 g/mol. The van der Waals surface area contributed by atoms with Gasteiger partial charge in [-0.15, -0.1) is 0 Å². The van der Waals surface area contributed by atoms with Gasteiger partial charge in [0.25, 0.3) is 0 Å². The van der Waals surface area contributed by atoms with Gasteiger partial charge >= 0.3 is 5.97 Å². The highest BCUT2D eigenvalue weighted by molar-refractivity contribution is 5.76. The van der Waals surface area contributed by atoms with Gasteiger partial charge in [0.2, 0.25) is 5.91 Å². The smallest absolute Gasteiger partial charge is 0.317 e. The first kappa shape index (κ1) is 12.0. The highest BCUT2D eigenvalue weighted by atomic mass is 16.4. The molecule has 1 aliphatic carbocycles. The number of aliphatic carboxylic acids is 1. The summed E-state index contributed by atoms with van der Waals surface area (Å²) in [5.74, 6) is -0.819. The van der Waals surface area contributed by atoms with Gasteiger partial charge in [-0.25, -0.2) is 0 Å². The Morgan fingerprint density at radius 3 is 2.60 bits per heavy atom. The highest BCUT2D eigenvalue weighted by Gasteiger charge is 2.23. The number of carboxylic acids is 1. The van der Waals surface area contributed by atoms with Crippen LogP contribution in [0.15, 0.2) is 0 Å². The summed E-state index contributed by atoms with van der Waals surface area (Å²) in [5.41, 5.74) is 0. The van der Waals surface area contributed by atoms with Gasteiger partial charge in [-0.2, -0.15) is 0 Å². The van der Waals surface area contributed by atoms with Gasteiger partial charge in [0.05, 0.1) is 6.54 Å². The van der Waals surface area contributed by atoms with Crippen molar-refractivity contribution in [2.45, 2.75) is 32.2 Å². The molecule has 0 heterocycles. The van der Waals surface area contributed by atoms with Gasteiger partial charge in [-0.1, -0.05) is 6.92 Å². The normalized spacial score (nSPS) is 15.3. The van der Waals surface area contributed by atoms with Crippen LogP contribution in [0.3, 0.4) is 0 Å². The van der Waals surface area contributed by atoms with E-state index < -0.39 is 5.97 Å². The molecule has 1 saturated carbocycles. The van der Waals surface area contributed by atoms with Crippen molar-refractivity contribution in [2.75, 3.05) is 19.6 Å². The summed E-state index contributed by atoms with van der Waals surface area (Å²) in [6.07, 6.45) is 2.55. The molecule has 1 aliphatic rings. The maximum absolute atomic E-state index is 11.3. The molecule has 5 nitrogen and oxygen atoms in total. The molecule has 1 rings (SSSR count). The van der Waals surface area contributed by atoms with Crippen molar-refractivity contribution >= 4 is 11.9 Å². The summed E-state index contributed by atoms with van der Waals surface area (Å²) in [6.45, 7) is 3.07. The second-order valence-corrected chi connectivity index (χ2v) is 3.85. The summed E-state index contributed by atoms with van der Waals surface area (Å²) in [4.78, 5) is 23.5. The Morgan fingerprint density at radius 1 is 1.47 bits per heavy atom. The van der Waals surface area contributed by atoms with Gasteiger partial charge in [0, 0.05) is 19.0 Å². The van der Waals surface area contributed by atoms with Crippen LogP contribution in [0.25, 0.3) is 0 Å². The van der Waals surface area contributed by atoms with E-state index in [1.54, 1.807) is 4.90 Å². The molecule has 0 radical (unpaired) electrons. The van der Waals surface area contributed by atoms with Crippen LogP contribution < -0.4 is 5.32 Å². The number of nitrogens with zero attached hydrogens (tertiary/aromatic N) is 1. The maximum Gasteiger partial charge on any atom is 0.317 e. The number of nitrogens with one attached hydrogen (secondary N) is 1. The number of hydrogen-bond acceptors (Lipinski definition) is 3. The number of hydrogen-bond donors (Lipinski definition) is 2. The molecule has 0 aliphatic heterocycles. The van der Waals surface area contributed by atoms with E-state index >= 15 is 0 Å². The van der Waals surface area contributed by atoms with E-state index in [9.17, 15) is 9.59 Å². The van der Waals surface area contributed by atoms with Gasteiger partial charge in [0.1, 0.15) is 0 Å². The molecule has 0 aromatic heterocycles. The number of likely N-dealkylation sites (N-methyl/N-ethyl adjacent to an activating group) is 1. The van der Waals surface area contributed by atoms with Crippen molar-refractivity contribution in [3.05, 3.63) is 0 Å². The summed E-state index contributed by atoms with van der Waals surface area (Å²) in [7, 11) is 0. The summed E-state index contributed by atoms with van der Waals surface area (Å²) < 4.78 is 0. The summed E-state index contributed by atoms with van der Waals surface area (Å²) in [6, 6.07) is 0.382. The Balaban J connectivity index is 2.14. The van der Waals surface area contributed by atoms with E-state index in [0.29, 0.717) is 25.6 Å². The Morgan fingerprint density at radius 2 is 2.13 bits per heavy atom. The number of amides is 1. The molecule has 0 atom stereocenters. The summed E-state index contributed by atoms with van der Waals surface area (Å²) in [5, 5.41) is 11.5. The minimum absolute atomic E-state index is 0.00715. The molecule has 0 aromatic rings. The molecule has 0 unspecified atom stereocenters. The van der Waals surface area contributed by atoms with E-state index in [1.807, 2.05) is 6.92 Å². The predicted octanol–water partition coefficient (Wildman–Crippen LogP) is 0.0616. The van der Waals surface area contributed by atoms with Crippen molar-refractivity contribution in [3.8, 4) is 0 Å². The fourth-order valence-corrected chi connectivity index (χ4v) is 1.33. The van der Waals surface area contributed by atoms with Crippen molar-refractivity contribution in [2.24, 2.45) is 0 Å². The first-order chi connectivity index (χ1) is 7.11. The minimum Gasteiger partial charge on any atom is -0.480 e. The van der Waals surface area contributed by atoms with Gasteiger partial charge in [-0.05, 0) is 19.4 Å². The lowest BCUT2D eigenvalue weighted by atomic mass is 10.3. The van der Waals surface area contributed by atoms with Crippen LogP contribution in [0, 0.1) is 0 Å². The van der Waals surface area contributed by atoms with Crippen molar-refractivity contribution in [3.63, 3.8) is 0 Å². The Labute approximate surface area is 89.4 Å². The van der Waals surface area contributed by atoms with E-state index in [-0.39, 0.29) is 12.5 Å². The fourth-order valence-electron chi connectivity index (χ4n) is 1.33. The second-order valence-electron chi connectivity index (χ2n) is 3.85. The quantitative estimate of drug-likeness (QED) is 0.629. The molecule has 86 valence electrons. The number of carboxylic acid groups (broad SMARTS) is 1. The van der Waals surface area contributed by atoms with E-state index in [0.717, 1.165) is 12.8 Å². The standard InChI is InChI=1S/C10H18N2O3/c1-2-12(7-10(14)15)6-5-9(13)11-8-3-4-8/h8H,2-7H2,1H3,(H,11,13)(H,14,15). The van der Waals surface area contributed by atoms with Crippen LogP contribution in [0.2, 0.25) is 0 Å². The third kappa shape index (κ3) is 5.37. The second kappa shape index (κ2) is 5.70. The largest absolute Gasteiger partial charge is 0.480 e. The molecule has 0 bridgehead atoms. The van der Waals surface area contributed by atoms with Crippen LogP contribution in [0.1, 0.15) is 26.2 Å². The van der Waals surface area contributed by atoms with E-state index in [1.165, 1.54) is 0 Å². The molecule has 5 heteroatoms. The number of carbonyl (C=O) groups is 2. The van der Waals surface area contributed by atoms with Crippen LogP contribution in [0.5, 0.6) is 0 Å². The third-order valence-corrected chi connectivity index (χ3v) is 2.40. The highest BCUT2D eigenvalue weighted by Crippen LogP contribution is 2.18. The van der Waals surface area contributed by atoms with Gasteiger partial charge in [0.15, 0.2) is 0 Å². The maximum atomic E-state index is 11.3. The molecule has 1 amide bonds. The average Bonchev–Trinajstić information content (AvgIpc) is 2.95. The Kier molecular flexibility index (Phi) is 4.55. The number of rotatable bonds is 7. The molecular formula is C10H18N2O3. The van der Waals surface area contributed by atoms with Crippen molar-refractivity contribution in [1.82, 2.24) is 10.2 Å². The third-order valence-electron chi connectivity index (χ3n) is 2.40. The lowest BCUT2D eigenvalue weighted by Crippen LogP contribution is -2.34. The van der Waals surface area contributed by atoms with Crippen LogP contribution in [0.4, 0.5) is 0 Å². The SMILES string of the molecule is CCN(CCC(=O)NC1CC1)CC(=O)O. The zero-order valence-electron chi connectivity index (χ0n) is 9.03. The molecule has 0 saturated heterocycles. The van der Waals surface area contributed by atoms with E-state index in [2.05, 4.69) is 5.32 Å². The molecule has 0 spiro atoms. The average molecular weight is 214 g/mol. The lowest BCUT2D eigenvalue weighted by molar-refractivity contribution is -0.138. The molecule has 15 heavy (non-hydrogen) atoms. The van der Waals surface area contributed by atoms with E-state index in [4.69, 9.17) is 5.11 Å². The van der Waals surface area contributed by atoms with Gasteiger partial charge in [-0.3, -0.25) is 14.5 Å². The molecule has 2 N–H and O–H groups in total. The van der Waals surface area contributed by atoms with Gasteiger partial charge < -0.3 is 10.4 Å². The van der Waals surface area contributed by atoms with Crippen molar-refractivity contribution < 1.29 is 14.7 Å². The zero-order valence-corrected chi connectivity index (χ0v) is 9.03. The first-order valence-electron chi connectivity index (χ1n) is 5.35. The van der Waals surface area contributed by atoms with Crippen molar-refractivity contribution in [1.29, 1.82) is 0 Å². The Bertz CT molecular complexity index is 239. The summed E-state index contributed by atoms with van der Waals surface area (Å²) >= 11 is 0. The molecule has 1 fully saturated rings. The molecule has 0 aromatic carbocycles. The predicted molar refractivity (Wildman–Crippen MR) is 55.5 cm³/mol. The Hall–Kier alpha value is -1.10. The number of carbonyl (C=O) groups excluding carboxylic acids is 1. The van der Waals surface area contributed by atoms with Crippen LogP contribution >= 0.6 is 0 Å². The molecular weight excluding hydrogens is 196 g/mol. The van der Waals surface area contributed by atoms with Crippen LogP contribution in [-0.2, 0) is 9.59 Å². The minimum atomic E-state index is -0.848. The first-order valence-corrected chi connectivity index (χ1v) is 5.35.